The van der Waals surface area contributed by atoms with Crippen molar-refractivity contribution in [2.75, 3.05) is 19.0 Å². The predicted molar refractivity (Wildman–Crippen MR) is 104 cm³/mol. The molecule has 0 fully saturated rings. The third-order valence-corrected chi connectivity index (χ3v) is 6.56. The highest BCUT2D eigenvalue weighted by Crippen LogP contribution is 2.24. The number of hydrogen-bond donors (Lipinski definition) is 1. The minimum absolute atomic E-state index is 0.0973. The maximum atomic E-state index is 12.6. The van der Waals surface area contributed by atoms with E-state index in [0.717, 1.165) is 21.4 Å². The van der Waals surface area contributed by atoms with E-state index in [1.165, 1.54) is 14.0 Å². The highest BCUT2D eigenvalue weighted by Gasteiger charge is 2.27. The number of sulfonamides is 1. The van der Waals surface area contributed by atoms with E-state index in [0.29, 0.717) is 18.0 Å². The van der Waals surface area contributed by atoms with Crippen molar-refractivity contribution in [1.29, 1.82) is 0 Å². The molecule has 0 spiro atoms. The van der Waals surface area contributed by atoms with Crippen LogP contribution in [0.1, 0.15) is 19.7 Å². The van der Waals surface area contributed by atoms with Gasteiger partial charge in [-0.1, -0.05) is 16.5 Å². The van der Waals surface area contributed by atoms with Gasteiger partial charge in [-0.05, 0) is 31.2 Å². The number of carbonyl (C=O) groups excluding carboxylic acids is 1. The summed E-state index contributed by atoms with van der Waals surface area (Å²) in [6.45, 7) is 3.60. The van der Waals surface area contributed by atoms with Gasteiger partial charge in [0.05, 0.1) is 13.2 Å². The lowest BCUT2D eigenvalue weighted by molar-refractivity contribution is -0.114. The number of ether oxygens (including phenoxy) is 1. The Morgan fingerprint density at radius 3 is 2.66 bits per heavy atom. The van der Waals surface area contributed by atoms with Gasteiger partial charge in [0.1, 0.15) is 5.75 Å². The molecule has 0 saturated carbocycles. The molecule has 13 heteroatoms. The van der Waals surface area contributed by atoms with Gasteiger partial charge in [0.2, 0.25) is 27.1 Å². The van der Waals surface area contributed by atoms with Crippen LogP contribution < -0.4 is 10.1 Å². The van der Waals surface area contributed by atoms with Crippen LogP contribution in [0, 0.1) is 0 Å². The molecule has 1 amide bonds. The summed E-state index contributed by atoms with van der Waals surface area (Å²) < 4.78 is 36.6. The topological polar surface area (TPSA) is 140 Å². The normalized spacial score (nSPS) is 11.6. The number of nitrogens with one attached hydrogen (secondary N) is 1. The molecule has 1 N–H and O–H groups in total. The Balaban J connectivity index is 1.71. The Kier molecular flexibility index (Phi) is 6.20. The smallest absolute Gasteiger partial charge is 0.272 e. The van der Waals surface area contributed by atoms with Crippen LogP contribution in [0.3, 0.4) is 0 Å². The molecule has 154 valence electrons. The highest BCUT2D eigenvalue weighted by molar-refractivity contribution is 7.91. The van der Waals surface area contributed by atoms with Gasteiger partial charge in [-0.15, -0.1) is 10.2 Å². The molecule has 0 bridgehead atoms. The minimum Gasteiger partial charge on any atom is -0.494 e. The van der Waals surface area contributed by atoms with Gasteiger partial charge in [0.25, 0.3) is 10.0 Å². The molecule has 0 aliphatic heterocycles. The van der Waals surface area contributed by atoms with Crippen LogP contribution in [0.15, 0.2) is 33.1 Å². The number of rotatable bonds is 8. The number of hydrogen-bond acceptors (Lipinski definition) is 10. The molecule has 1 aromatic carbocycles. The van der Waals surface area contributed by atoms with Gasteiger partial charge in [-0.3, -0.25) is 4.79 Å². The van der Waals surface area contributed by atoms with E-state index in [2.05, 4.69) is 25.7 Å². The monoisotopic (exact) mass is 438 g/mol. The second-order valence-electron chi connectivity index (χ2n) is 5.78. The quantitative estimate of drug-likeness (QED) is 0.521. The Morgan fingerprint density at radius 2 is 2.00 bits per heavy atom. The third kappa shape index (κ3) is 4.93. The molecule has 0 saturated heterocycles. The predicted octanol–water partition coefficient (Wildman–Crippen LogP) is 1.77. The Bertz CT molecular complexity index is 1090. The lowest BCUT2D eigenvalue weighted by atomic mass is 10.2. The summed E-state index contributed by atoms with van der Waals surface area (Å²) in [6.07, 6.45) is 0. The first kappa shape index (κ1) is 20.8. The summed E-state index contributed by atoms with van der Waals surface area (Å²) in [5, 5.41) is 13.6. The van der Waals surface area contributed by atoms with Gasteiger partial charge in [-0.2, -0.15) is 9.29 Å². The molecule has 0 aliphatic carbocycles. The highest BCUT2D eigenvalue weighted by atomic mass is 32.2. The van der Waals surface area contributed by atoms with Crippen LogP contribution in [-0.4, -0.2) is 52.6 Å². The molecule has 0 atom stereocenters. The number of anilines is 1. The molecule has 3 aromatic rings. The first-order valence-electron chi connectivity index (χ1n) is 8.43. The van der Waals surface area contributed by atoms with Crippen molar-refractivity contribution in [2.45, 2.75) is 24.7 Å². The Hall–Kier alpha value is -2.90. The summed E-state index contributed by atoms with van der Waals surface area (Å²) in [6, 6.07) is 7.14. The molecule has 29 heavy (non-hydrogen) atoms. The fourth-order valence-electron chi connectivity index (χ4n) is 2.23. The number of aromatic nitrogens is 4. The van der Waals surface area contributed by atoms with Crippen molar-refractivity contribution in [3.63, 3.8) is 0 Å². The van der Waals surface area contributed by atoms with Crippen LogP contribution in [-0.2, 0) is 21.4 Å². The van der Waals surface area contributed by atoms with E-state index in [1.54, 1.807) is 24.3 Å². The SMILES string of the molecule is CCOc1ccc(-c2noc(CN(C)S(=O)(=O)c3nnc(NC(C)=O)s3)n2)cc1. The molecular formula is C16H18N6O5S2. The molecule has 3 rings (SSSR count). The molecule has 11 nitrogen and oxygen atoms in total. The van der Waals surface area contributed by atoms with Crippen molar-refractivity contribution in [1.82, 2.24) is 24.6 Å². The standard InChI is InChI=1S/C16H18N6O5S2/c1-4-26-12-7-5-11(6-8-12)14-18-13(27-21-14)9-22(3)29(24,25)16-20-19-15(28-16)17-10(2)23/h5-8H,4,9H2,1-3H3,(H,17,19,23). The maximum Gasteiger partial charge on any atom is 0.272 e. The molecular weight excluding hydrogens is 420 g/mol. The average Bonchev–Trinajstić information content (AvgIpc) is 3.32. The zero-order valence-corrected chi connectivity index (χ0v) is 17.5. The molecule has 2 aromatic heterocycles. The van der Waals surface area contributed by atoms with E-state index < -0.39 is 10.0 Å². The third-order valence-electron chi connectivity index (χ3n) is 3.57. The average molecular weight is 438 g/mol. The number of nitrogens with zero attached hydrogens (tertiary/aromatic N) is 5. The summed E-state index contributed by atoms with van der Waals surface area (Å²) in [4.78, 5) is 15.3. The van der Waals surface area contributed by atoms with E-state index in [1.807, 2.05) is 6.92 Å². The van der Waals surface area contributed by atoms with Crippen molar-refractivity contribution in [3.05, 3.63) is 30.2 Å². The maximum absolute atomic E-state index is 12.6. The van der Waals surface area contributed by atoms with E-state index in [4.69, 9.17) is 9.26 Å². The number of amides is 1. The van der Waals surface area contributed by atoms with Gasteiger partial charge >= 0.3 is 0 Å². The molecule has 0 unspecified atom stereocenters. The Labute approximate surface area is 170 Å². The van der Waals surface area contributed by atoms with Gasteiger partial charge in [0, 0.05) is 19.5 Å². The fourth-order valence-corrected chi connectivity index (χ4v) is 4.48. The molecule has 0 radical (unpaired) electrons. The van der Waals surface area contributed by atoms with Crippen molar-refractivity contribution < 1.29 is 22.5 Å². The van der Waals surface area contributed by atoms with Crippen molar-refractivity contribution in [2.24, 2.45) is 0 Å². The fraction of sp³-hybridized carbons (Fsp3) is 0.312. The second kappa shape index (κ2) is 8.63. The van der Waals surface area contributed by atoms with Crippen LogP contribution in [0.2, 0.25) is 0 Å². The lowest BCUT2D eigenvalue weighted by Gasteiger charge is -2.11. The molecule has 2 heterocycles. The van der Waals surface area contributed by atoms with E-state index >= 15 is 0 Å². The Morgan fingerprint density at radius 1 is 1.28 bits per heavy atom. The first-order chi connectivity index (χ1) is 13.8. The summed E-state index contributed by atoms with van der Waals surface area (Å²) in [7, 11) is -2.58. The zero-order valence-electron chi connectivity index (χ0n) is 15.8. The van der Waals surface area contributed by atoms with Crippen LogP contribution in [0.5, 0.6) is 5.75 Å². The first-order valence-corrected chi connectivity index (χ1v) is 10.7. The summed E-state index contributed by atoms with van der Waals surface area (Å²) in [5.41, 5.74) is 0.707. The van der Waals surface area contributed by atoms with Gasteiger partial charge < -0.3 is 14.6 Å². The van der Waals surface area contributed by atoms with Gasteiger partial charge in [-0.25, -0.2) is 8.42 Å². The minimum atomic E-state index is -3.94. The summed E-state index contributed by atoms with van der Waals surface area (Å²) >= 11 is 0.752. The van der Waals surface area contributed by atoms with Crippen LogP contribution in [0.25, 0.3) is 11.4 Å². The van der Waals surface area contributed by atoms with E-state index in [9.17, 15) is 13.2 Å². The summed E-state index contributed by atoms with van der Waals surface area (Å²) in [5.74, 6) is 0.803. The van der Waals surface area contributed by atoms with Crippen LogP contribution in [0.4, 0.5) is 5.13 Å². The molecule has 0 aliphatic rings. The zero-order chi connectivity index (χ0) is 21.0. The lowest BCUT2D eigenvalue weighted by Crippen LogP contribution is -2.26. The van der Waals surface area contributed by atoms with Crippen LogP contribution >= 0.6 is 11.3 Å². The van der Waals surface area contributed by atoms with E-state index in [-0.39, 0.29) is 27.8 Å². The van der Waals surface area contributed by atoms with Crippen molar-refractivity contribution in [3.8, 4) is 17.1 Å². The number of carbonyl (C=O) groups is 1. The number of benzene rings is 1. The van der Waals surface area contributed by atoms with Gasteiger partial charge in [0.15, 0.2) is 0 Å². The second-order valence-corrected chi connectivity index (χ2v) is 8.98. The van der Waals surface area contributed by atoms with Crippen molar-refractivity contribution >= 4 is 32.4 Å². The largest absolute Gasteiger partial charge is 0.494 e.